The van der Waals surface area contributed by atoms with Crippen molar-refractivity contribution in [3.63, 3.8) is 0 Å². The average molecular weight is 355 g/mol. The molecule has 4 rings (SSSR count). The molecule has 0 saturated heterocycles. The van der Waals surface area contributed by atoms with Gasteiger partial charge in [0.25, 0.3) is 0 Å². The van der Waals surface area contributed by atoms with Gasteiger partial charge in [0.2, 0.25) is 0 Å². The Morgan fingerprint density at radius 2 is 1.15 bits per heavy atom. The van der Waals surface area contributed by atoms with Gasteiger partial charge in [-0.15, -0.1) is 0 Å². The fourth-order valence-corrected chi connectivity index (χ4v) is 4.32. The van der Waals surface area contributed by atoms with Gasteiger partial charge < -0.3 is 0 Å². The zero-order valence-electron chi connectivity index (χ0n) is 16.5. The lowest BCUT2D eigenvalue weighted by molar-refractivity contribution is 0.589. The second-order valence-corrected chi connectivity index (χ2v) is 7.87. The first-order valence-electron chi connectivity index (χ1n) is 10.7. The van der Waals surface area contributed by atoms with Crippen LogP contribution in [-0.4, -0.2) is 0 Å². The van der Waals surface area contributed by atoms with E-state index in [1.165, 1.54) is 89.2 Å². The van der Waals surface area contributed by atoms with Crippen molar-refractivity contribution < 1.29 is 0 Å². The minimum Gasteiger partial charge on any atom is -0.0654 e. The molecule has 0 amide bonds. The Balaban J connectivity index is 1.51. The van der Waals surface area contributed by atoms with Crippen molar-refractivity contribution in [2.24, 2.45) is 0 Å². The third-order valence-corrected chi connectivity index (χ3v) is 5.88. The van der Waals surface area contributed by atoms with Crippen LogP contribution < -0.4 is 0 Å². The van der Waals surface area contributed by atoms with Gasteiger partial charge in [-0.2, -0.15) is 0 Å². The smallest absolute Gasteiger partial charge is 0.00990 e. The molecule has 0 bridgehead atoms. The molecule has 27 heavy (non-hydrogen) atoms. The highest BCUT2D eigenvalue weighted by Gasteiger charge is 2.05. The summed E-state index contributed by atoms with van der Waals surface area (Å²) in [6, 6.07) is 24.9. The molecule has 0 aromatic heterocycles. The lowest BCUT2D eigenvalue weighted by Gasteiger charge is -2.09. The molecule has 0 spiro atoms. The summed E-state index contributed by atoms with van der Waals surface area (Å²) in [5.41, 5.74) is 1.48. The molecular weight excluding hydrogens is 324 g/mol. The van der Waals surface area contributed by atoms with Crippen molar-refractivity contribution in [1.29, 1.82) is 0 Å². The molecule has 0 radical (unpaired) electrons. The number of aryl methyl sites for hydroxylation is 1. The van der Waals surface area contributed by atoms with Crippen molar-refractivity contribution >= 4 is 32.3 Å². The van der Waals surface area contributed by atoms with Crippen molar-refractivity contribution in [1.82, 2.24) is 0 Å². The first-order chi connectivity index (χ1) is 13.4. The molecule has 0 unspecified atom stereocenters. The van der Waals surface area contributed by atoms with Crippen LogP contribution in [0.25, 0.3) is 32.3 Å². The van der Waals surface area contributed by atoms with Gasteiger partial charge in [0, 0.05) is 0 Å². The van der Waals surface area contributed by atoms with Gasteiger partial charge in [0.1, 0.15) is 0 Å². The molecule has 0 heteroatoms. The van der Waals surface area contributed by atoms with Gasteiger partial charge in [-0.1, -0.05) is 112 Å². The monoisotopic (exact) mass is 354 g/mol. The maximum Gasteiger partial charge on any atom is -0.00990 e. The summed E-state index contributed by atoms with van der Waals surface area (Å²) in [6.07, 6.45) is 10.8. The highest BCUT2D eigenvalue weighted by molar-refractivity contribution is 6.17. The van der Waals surface area contributed by atoms with E-state index >= 15 is 0 Å². The number of fused-ring (bicyclic) bond motifs is 5. The highest BCUT2D eigenvalue weighted by atomic mass is 14.1. The summed E-state index contributed by atoms with van der Waals surface area (Å²) in [4.78, 5) is 0. The molecule has 0 aliphatic rings. The highest BCUT2D eigenvalue weighted by Crippen LogP contribution is 2.31. The van der Waals surface area contributed by atoms with Gasteiger partial charge in [-0.05, 0) is 50.7 Å². The molecule has 4 aromatic carbocycles. The summed E-state index contributed by atoms with van der Waals surface area (Å²) in [5, 5.41) is 8.15. The Morgan fingerprint density at radius 1 is 0.519 bits per heavy atom. The van der Waals surface area contributed by atoms with Crippen LogP contribution in [0.2, 0.25) is 0 Å². The Kier molecular flexibility index (Phi) is 5.72. The molecule has 0 N–H and O–H groups in total. The fourth-order valence-electron chi connectivity index (χ4n) is 4.32. The van der Waals surface area contributed by atoms with E-state index in [-0.39, 0.29) is 0 Å². The molecule has 0 aliphatic carbocycles. The molecule has 0 heterocycles. The number of rotatable bonds is 8. The van der Waals surface area contributed by atoms with Crippen LogP contribution in [0.3, 0.4) is 0 Å². The lowest BCUT2D eigenvalue weighted by Crippen LogP contribution is -1.88. The summed E-state index contributed by atoms with van der Waals surface area (Å²) in [5.74, 6) is 0. The van der Waals surface area contributed by atoms with Crippen molar-refractivity contribution in [2.45, 2.75) is 58.3 Å². The number of unbranched alkanes of at least 4 members (excludes halogenated alkanes) is 6. The predicted octanol–water partition coefficient (Wildman–Crippen LogP) is 8.44. The third kappa shape index (κ3) is 4.00. The number of hydrogen-bond acceptors (Lipinski definition) is 0. The summed E-state index contributed by atoms with van der Waals surface area (Å²) in [7, 11) is 0. The number of hydrogen-bond donors (Lipinski definition) is 0. The van der Waals surface area contributed by atoms with E-state index in [9.17, 15) is 0 Å². The summed E-state index contributed by atoms with van der Waals surface area (Å²) < 4.78 is 0. The van der Waals surface area contributed by atoms with E-state index in [1.807, 2.05) is 0 Å². The molecule has 0 nitrogen and oxygen atoms in total. The molecule has 0 saturated carbocycles. The van der Waals surface area contributed by atoms with Crippen LogP contribution in [0.15, 0.2) is 66.7 Å². The van der Waals surface area contributed by atoms with E-state index < -0.39 is 0 Å². The quantitative estimate of drug-likeness (QED) is 0.220. The largest absolute Gasteiger partial charge is 0.0654 e. The molecule has 0 aliphatic heterocycles. The second kappa shape index (κ2) is 8.57. The Bertz CT molecular complexity index is 1040. The van der Waals surface area contributed by atoms with Crippen LogP contribution in [0.4, 0.5) is 0 Å². The molecular formula is C27H30. The van der Waals surface area contributed by atoms with E-state index in [2.05, 4.69) is 73.7 Å². The summed E-state index contributed by atoms with van der Waals surface area (Å²) in [6.45, 7) is 2.28. The Hall–Kier alpha value is -2.34. The molecule has 4 aromatic rings. The summed E-state index contributed by atoms with van der Waals surface area (Å²) >= 11 is 0. The van der Waals surface area contributed by atoms with Crippen LogP contribution in [0, 0.1) is 0 Å². The van der Waals surface area contributed by atoms with E-state index in [0.717, 1.165) is 0 Å². The zero-order chi connectivity index (χ0) is 18.5. The SMILES string of the molecule is CCCCCCCCCc1ccc2c(ccc3c4ccccc4ccc23)c1. The van der Waals surface area contributed by atoms with Gasteiger partial charge in [0.15, 0.2) is 0 Å². The van der Waals surface area contributed by atoms with E-state index in [0.29, 0.717) is 0 Å². The standard InChI is InChI=1S/C27H30/c1-2-3-4-5-6-7-8-11-21-14-17-25-23(20-21)16-19-26-24-13-10-9-12-22(24)15-18-27(25)26/h9-10,12-20H,2-8,11H2,1H3. The minimum absolute atomic E-state index is 1.21. The van der Waals surface area contributed by atoms with Crippen LogP contribution in [0.1, 0.15) is 57.4 Å². The fraction of sp³-hybridized carbons (Fsp3) is 0.333. The van der Waals surface area contributed by atoms with Crippen molar-refractivity contribution in [3.8, 4) is 0 Å². The topological polar surface area (TPSA) is 0 Å². The van der Waals surface area contributed by atoms with Crippen LogP contribution in [-0.2, 0) is 6.42 Å². The first-order valence-corrected chi connectivity index (χ1v) is 10.7. The van der Waals surface area contributed by atoms with Crippen LogP contribution >= 0.6 is 0 Å². The molecule has 138 valence electrons. The third-order valence-electron chi connectivity index (χ3n) is 5.88. The Labute approximate surface area is 163 Å². The van der Waals surface area contributed by atoms with Gasteiger partial charge in [-0.3, -0.25) is 0 Å². The Morgan fingerprint density at radius 3 is 1.96 bits per heavy atom. The van der Waals surface area contributed by atoms with Gasteiger partial charge in [-0.25, -0.2) is 0 Å². The predicted molar refractivity (Wildman–Crippen MR) is 121 cm³/mol. The minimum atomic E-state index is 1.21. The van der Waals surface area contributed by atoms with E-state index in [1.54, 1.807) is 0 Å². The second-order valence-electron chi connectivity index (χ2n) is 7.87. The lowest BCUT2D eigenvalue weighted by atomic mass is 9.95. The zero-order valence-corrected chi connectivity index (χ0v) is 16.5. The average Bonchev–Trinajstić information content (AvgIpc) is 2.72. The molecule has 0 atom stereocenters. The normalized spacial score (nSPS) is 11.6. The van der Waals surface area contributed by atoms with Crippen molar-refractivity contribution in [2.75, 3.05) is 0 Å². The van der Waals surface area contributed by atoms with E-state index in [4.69, 9.17) is 0 Å². The molecule has 0 fully saturated rings. The maximum absolute atomic E-state index is 2.40. The van der Waals surface area contributed by atoms with Gasteiger partial charge >= 0.3 is 0 Å². The number of benzene rings is 4. The van der Waals surface area contributed by atoms with Crippen molar-refractivity contribution in [3.05, 3.63) is 72.3 Å². The maximum atomic E-state index is 2.40. The first kappa shape index (κ1) is 18.0. The van der Waals surface area contributed by atoms with Crippen LogP contribution in [0.5, 0.6) is 0 Å². The van der Waals surface area contributed by atoms with Gasteiger partial charge in [0.05, 0.1) is 0 Å².